The van der Waals surface area contributed by atoms with Gasteiger partial charge in [-0.3, -0.25) is 9.80 Å². The van der Waals surface area contributed by atoms with Gasteiger partial charge in [-0.05, 0) is 20.9 Å². The number of nitrogens with one attached hydrogen (secondary N) is 1. The third-order valence-corrected chi connectivity index (χ3v) is 4.50. The first-order valence-electron chi connectivity index (χ1n) is 6.72. The van der Waals surface area contributed by atoms with E-state index in [9.17, 15) is 0 Å². The van der Waals surface area contributed by atoms with Gasteiger partial charge in [0.05, 0.1) is 10.7 Å². The highest BCUT2D eigenvalue weighted by atomic mass is 32.1. The number of aryl methyl sites for hydroxylation is 1. The van der Waals surface area contributed by atoms with Gasteiger partial charge >= 0.3 is 0 Å². The zero-order valence-electron chi connectivity index (χ0n) is 11.6. The lowest BCUT2D eigenvalue weighted by Crippen LogP contribution is -2.46. The number of nitrogens with zero attached hydrogens (tertiary/aromatic N) is 3. The van der Waals surface area contributed by atoms with Crippen molar-refractivity contribution in [1.29, 1.82) is 0 Å². The number of piperazine rings is 1. The molecule has 1 fully saturated rings. The molecule has 2 rings (SSSR count). The standard InChI is InChI=1S/C13H24N4S/c1-11(13-10-18-12(2)15-13)16(3)8-9-17-6-4-14-5-7-17/h10-11,14H,4-9H2,1-3H3. The predicted octanol–water partition coefficient (Wildman–Crippen LogP) is 1.35. The van der Waals surface area contributed by atoms with E-state index in [1.54, 1.807) is 11.3 Å². The smallest absolute Gasteiger partial charge is 0.0898 e. The van der Waals surface area contributed by atoms with E-state index in [2.05, 4.69) is 46.4 Å². The molecule has 102 valence electrons. The Morgan fingerprint density at radius 3 is 2.83 bits per heavy atom. The van der Waals surface area contributed by atoms with Crippen LogP contribution in [0, 0.1) is 6.92 Å². The van der Waals surface area contributed by atoms with Crippen LogP contribution in [-0.4, -0.2) is 61.1 Å². The van der Waals surface area contributed by atoms with Crippen molar-refractivity contribution in [2.45, 2.75) is 19.9 Å². The van der Waals surface area contributed by atoms with E-state index < -0.39 is 0 Å². The molecule has 1 saturated heterocycles. The summed E-state index contributed by atoms with van der Waals surface area (Å²) in [6.07, 6.45) is 0. The molecule has 1 atom stereocenters. The second-order valence-electron chi connectivity index (χ2n) is 5.04. The van der Waals surface area contributed by atoms with Crippen molar-refractivity contribution in [1.82, 2.24) is 20.1 Å². The quantitative estimate of drug-likeness (QED) is 0.873. The molecule has 0 bridgehead atoms. The van der Waals surface area contributed by atoms with Gasteiger partial charge in [0.2, 0.25) is 0 Å². The number of hydrogen-bond acceptors (Lipinski definition) is 5. The molecule has 1 aromatic rings. The molecule has 1 aromatic heterocycles. The maximum atomic E-state index is 4.58. The predicted molar refractivity (Wildman–Crippen MR) is 77.2 cm³/mol. The van der Waals surface area contributed by atoms with Gasteiger partial charge in [0.15, 0.2) is 0 Å². The summed E-state index contributed by atoms with van der Waals surface area (Å²) in [4.78, 5) is 9.51. The first kappa shape index (κ1) is 13.9. The second-order valence-corrected chi connectivity index (χ2v) is 6.10. The summed E-state index contributed by atoms with van der Waals surface area (Å²) < 4.78 is 0. The lowest BCUT2D eigenvalue weighted by Gasteiger charge is -2.30. The largest absolute Gasteiger partial charge is 0.314 e. The van der Waals surface area contributed by atoms with Crippen molar-refractivity contribution in [2.24, 2.45) is 0 Å². The average molecular weight is 268 g/mol. The van der Waals surface area contributed by atoms with Crippen LogP contribution in [0.2, 0.25) is 0 Å². The normalized spacial score (nSPS) is 19.3. The van der Waals surface area contributed by atoms with Gasteiger partial charge < -0.3 is 5.32 Å². The Morgan fingerprint density at radius 1 is 1.50 bits per heavy atom. The Morgan fingerprint density at radius 2 is 2.22 bits per heavy atom. The lowest BCUT2D eigenvalue weighted by atomic mass is 10.2. The fourth-order valence-corrected chi connectivity index (χ4v) is 2.92. The lowest BCUT2D eigenvalue weighted by molar-refractivity contribution is 0.182. The number of rotatable bonds is 5. The van der Waals surface area contributed by atoms with Crippen molar-refractivity contribution in [3.8, 4) is 0 Å². The Balaban J connectivity index is 1.78. The van der Waals surface area contributed by atoms with Crippen LogP contribution >= 0.6 is 11.3 Å². The highest BCUT2D eigenvalue weighted by Crippen LogP contribution is 2.20. The minimum absolute atomic E-state index is 0.415. The Hall–Kier alpha value is -0.490. The number of aromatic nitrogens is 1. The molecule has 0 amide bonds. The monoisotopic (exact) mass is 268 g/mol. The average Bonchev–Trinajstić information content (AvgIpc) is 2.83. The Labute approximate surface area is 114 Å². The van der Waals surface area contributed by atoms with Gasteiger partial charge in [-0.1, -0.05) is 0 Å². The van der Waals surface area contributed by atoms with Crippen LogP contribution in [0.5, 0.6) is 0 Å². The molecule has 1 unspecified atom stereocenters. The SMILES string of the molecule is Cc1nc(C(C)N(C)CCN2CCNCC2)cs1. The minimum atomic E-state index is 0.415. The number of likely N-dealkylation sites (N-methyl/N-ethyl adjacent to an activating group) is 1. The summed E-state index contributed by atoms with van der Waals surface area (Å²) in [5.41, 5.74) is 1.21. The van der Waals surface area contributed by atoms with Crippen LogP contribution < -0.4 is 5.32 Å². The Bertz CT molecular complexity index is 360. The fourth-order valence-electron chi connectivity index (χ4n) is 2.23. The summed E-state index contributed by atoms with van der Waals surface area (Å²) in [7, 11) is 2.20. The van der Waals surface area contributed by atoms with Crippen LogP contribution in [0.3, 0.4) is 0 Å². The molecular formula is C13H24N4S. The zero-order chi connectivity index (χ0) is 13.0. The summed E-state index contributed by atoms with van der Waals surface area (Å²) in [6.45, 7) is 11.2. The highest BCUT2D eigenvalue weighted by molar-refractivity contribution is 7.09. The first-order valence-corrected chi connectivity index (χ1v) is 7.60. The molecule has 0 aliphatic carbocycles. The molecule has 1 N–H and O–H groups in total. The van der Waals surface area contributed by atoms with E-state index in [0.29, 0.717) is 6.04 Å². The molecular weight excluding hydrogens is 244 g/mol. The third kappa shape index (κ3) is 3.75. The van der Waals surface area contributed by atoms with Gasteiger partial charge in [-0.25, -0.2) is 4.98 Å². The van der Waals surface area contributed by atoms with E-state index in [1.165, 1.54) is 18.8 Å². The maximum Gasteiger partial charge on any atom is 0.0898 e. The molecule has 0 radical (unpaired) electrons. The van der Waals surface area contributed by atoms with E-state index >= 15 is 0 Å². The molecule has 0 saturated carbocycles. The van der Waals surface area contributed by atoms with Crippen molar-refractivity contribution in [3.63, 3.8) is 0 Å². The van der Waals surface area contributed by atoms with Crippen molar-refractivity contribution in [3.05, 3.63) is 16.1 Å². The highest BCUT2D eigenvalue weighted by Gasteiger charge is 2.16. The fraction of sp³-hybridized carbons (Fsp3) is 0.769. The molecule has 4 nitrogen and oxygen atoms in total. The van der Waals surface area contributed by atoms with Crippen LogP contribution in [0.15, 0.2) is 5.38 Å². The molecule has 0 aromatic carbocycles. The first-order chi connectivity index (χ1) is 8.66. The second kappa shape index (κ2) is 6.61. The van der Waals surface area contributed by atoms with Gasteiger partial charge in [0.25, 0.3) is 0 Å². The molecule has 1 aliphatic rings. The molecule has 1 aliphatic heterocycles. The van der Waals surface area contributed by atoms with E-state index in [0.717, 1.165) is 31.2 Å². The summed E-state index contributed by atoms with van der Waals surface area (Å²) >= 11 is 1.74. The molecule has 18 heavy (non-hydrogen) atoms. The molecule has 0 spiro atoms. The summed E-state index contributed by atoms with van der Waals surface area (Å²) in [6, 6.07) is 0.415. The maximum absolute atomic E-state index is 4.58. The van der Waals surface area contributed by atoms with Gasteiger partial charge in [0, 0.05) is 50.7 Å². The van der Waals surface area contributed by atoms with Crippen molar-refractivity contribution >= 4 is 11.3 Å². The van der Waals surface area contributed by atoms with Crippen LogP contribution in [0.4, 0.5) is 0 Å². The van der Waals surface area contributed by atoms with Gasteiger partial charge in [-0.15, -0.1) is 11.3 Å². The zero-order valence-corrected chi connectivity index (χ0v) is 12.5. The number of hydrogen-bond donors (Lipinski definition) is 1. The van der Waals surface area contributed by atoms with E-state index in [-0.39, 0.29) is 0 Å². The van der Waals surface area contributed by atoms with Gasteiger partial charge in [0.1, 0.15) is 0 Å². The van der Waals surface area contributed by atoms with Crippen LogP contribution in [0.25, 0.3) is 0 Å². The minimum Gasteiger partial charge on any atom is -0.314 e. The van der Waals surface area contributed by atoms with E-state index in [1.807, 2.05) is 0 Å². The summed E-state index contributed by atoms with van der Waals surface area (Å²) in [5, 5.41) is 6.73. The molecule has 2 heterocycles. The third-order valence-electron chi connectivity index (χ3n) is 3.70. The van der Waals surface area contributed by atoms with Crippen molar-refractivity contribution in [2.75, 3.05) is 46.3 Å². The van der Waals surface area contributed by atoms with E-state index in [4.69, 9.17) is 0 Å². The van der Waals surface area contributed by atoms with Crippen LogP contribution in [0.1, 0.15) is 23.7 Å². The summed E-state index contributed by atoms with van der Waals surface area (Å²) in [5.74, 6) is 0. The molecule has 5 heteroatoms. The van der Waals surface area contributed by atoms with Crippen LogP contribution in [-0.2, 0) is 0 Å². The number of thiazole rings is 1. The van der Waals surface area contributed by atoms with Crippen molar-refractivity contribution < 1.29 is 0 Å². The Kier molecular flexibility index (Phi) is 5.12. The van der Waals surface area contributed by atoms with Gasteiger partial charge in [-0.2, -0.15) is 0 Å². The topological polar surface area (TPSA) is 31.4 Å².